The molecular weight excluding hydrogens is 192 g/mol. The molecule has 16 heavy (non-hydrogen) atoms. The number of benzene rings is 1. The maximum atomic E-state index is 4.20. The molecule has 0 saturated heterocycles. The first kappa shape index (κ1) is 10.7. The fourth-order valence-electron chi connectivity index (χ4n) is 2.32. The van der Waals surface area contributed by atoms with Crippen molar-refractivity contribution in [2.24, 2.45) is 0 Å². The lowest BCUT2D eigenvalue weighted by atomic mass is 9.97. The number of hydrogen-bond acceptors (Lipinski definition) is 0. The Morgan fingerprint density at radius 2 is 1.81 bits per heavy atom. The van der Waals surface area contributed by atoms with Crippen LogP contribution in [0.4, 0.5) is 0 Å². The molecule has 0 unspecified atom stereocenters. The fourth-order valence-corrected chi connectivity index (χ4v) is 2.32. The summed E-state index contributed by atoms with van der Waals surface area (Å²) < 4.78 is 0. The van der Waals surface area contributed by atoms with Crippen LogP contribution < -0.4 is 0 Å². The van der Waals surface area contributed by atoms with Crippen LogP contribution in [0.5, 0.6) is 0 Å². The Kier molecular flexibility index (Phi) is 2.66. The van der Waals surface area contributed by atoms with Gasteiger partial charge in [0.2, 0.25) is 0 Å². The molecule has 0 heteroatoms. The van der Waals surface area contributed by atoms with Gasteiger partial charge >= 0.3 is 0 Å². The third kappa shape index (κ3) is 1.38. The zero-order valence-corrected chi connectivity index (χ0v) is 9.88. The molecule has 0 aliphatic heterocycles. The van der Waals surface area contributed by atoms with Gasteiger partial charge in [-0.15, -0.1) is 0 Å². The van der Waals surface area contributed by atoms with Gasteiger partial charge < -0.3 is 0 Å². The Hall–Kier alpha value is -1.82. The van der Waals surface area contributed by atoms with Crippen molar-refractivity contribution in [3.63, 3.8) is 0 Å². The average Bonchev–Trinajstić information content (AvgIpc) is 2.57. The molecule has 1 aliphatic rings. The van der Waals surface area contributed by atoms with Crippen molar-refractivity contribution in [1.82, 2.24) is 0 Å². The van der Waals surface area contributed by atoms with E-state index in [9.17, 15) is 0 Å². The monoisotopic (exact) mass is 208 g/mol. The molecule has 80 valence electrons. The van der Waals surface area contributed by atoms with Crippen molar-refractivity contribution in [2.45, 2.75) is 13.8 Å². The van der Waals surface area contributed by atoms with Crippen LogP contribution in [0.15, 0.2) is 60.7 Å². The van der Waals surface area contributed by atoms with E-state index in [1.165, 1.54) is 27.8 Å². The normalized spacial score (nSPS) is 15.4. The first-order valence-electron chi connectivity index (χ1n) is 5.49. The standard InChI is InChI=1S/C16H16/c1-5-13(6-2)16-11(3)14-9-7-8-10-15(14)12(16)4/h5-10H,1,3H2,2,4H3/b13-6-. The molecule has 0 amide bonds. The Bertz CT molecular complexity index is 525. The summed E-state index contributed by atoms with van der Waals surface area (Å²) >= 11 is 0. The van der Waals surface area contributed by atoms with Crippen LogP contribution in [-0.2, 0) is 0 Å². The van der Waals surface area contributed by atoms with Crippen molar-refractivity contribution in [3.8, 4) is 0 Å². The quantitative estimate of drug-likeness (QED) is 0.622. The van der Waals surface area contributed by atoms with E-state index in [-0.39, 0.29) is 0 Å². The van der Waals surface area contributed by atoms with E-state index >= 15 is 0 Å². The van der Waals surface area contributed by atoms with E-state index in [2.05, 4.69) is 50.4 Å². The number of rotatable bonds is 2. The van der Waals surface area contributed by atoms with E-state index in [1.807, 2.05) is 13.0 Å². The van der Waals surface area contributed by atoms with Crippen LogP contribution in [0.1, 0.15) is 25.0 Å². The van der Waals surface area contributed by atoms with Crippen LogP contribution >= 0.6 is 0 Å². The predicted octanol–water partition coefficient (Wildman–Crippen LogP) is 4.62. The topological polar surface area (TPSA) is 0 Å². The smallest absolute Gasteiger partial charge is 0.00792 e. The van der Waals surface area contributed by atoms with Crippen LogP contribution in [0.2, 0.25) is 0 Å². The van der Waals surface area contributed by atoms with Gasteiger partial charge in [0.25, 0.3) is 0 Å². The average molecular weight is 208 g/mol. The highest BCUT2D eigenvalue weighted by molar-refractivity contribution is 6.02. The molecule has 0 radical (unpaired) electrons. The molecule has 2 rings (SSSR count). The summed E-state index contributed by atoms with van der Waals surface area (Å²) in [7, 11) is 0. The minimum atomic E-state index is 1.11. The Balaban J connectivity index is 2.65. The van der Waals surface area contributed by atoms with Gasteiger partial charge in [0, 0.05) is 0 Å². The molecule has 0 heterocycles. The summed E-state index contributed by atoms with van der Waals surface area (Å²) in [6.07, 6.45) is 3.98. The second kappa shape index (κ2) is 3.97. The minimum Gasteiger partial charge on any atom is -0.0985 e. The van der Waals surface area contributed by atoms with Crippen LogP contribution in [0.25, 0.3) is 11.1 Å². The Morgan fingerprint density at radius 3 is 2.31 bits per heavy atom. The van der Waals surface area contributed by atoms with E-state index in [1.54, 1.807) is 0 Å². The molecule has 0 fully saturated rings. The van der Waals surface area contributed by atoms with Crippen molar-refractivity contribution in [3.05, 3.63) is 71.8 Å². The summed E-state index contributed by atoms with van der Waals surface area (Å²) in [6.45, 7) is 12.2. The van der Waals surface area contributed by atoms with Gasteiger partial charge in [-0.1, -0.05) is 49.6 Å². The molecule has 0 bridgehead atoms. The Labute approximate surface area is 97.3 Å². The summed E-state index contributed by atoms with van der Waals surface area (Å²) in [4.78, 5) is 0. The van der Waals surface area contributed by atoms with Gasteiger partial charge in [0.1, 0.15) is 0 Å². The first-order valence-corrected chi connectivity index (χ1v) is 5.49. The molecule has 1 aliphatic carbocycles. The highest BCUT2D eigenvalue weighted by Gasteiger charge is 2.22. The van der Waals surface area contributed by atoms with Gasteiger partial charge in [-0.3, -0.25) is 0 Å². The second-order valence-corrected chi connectivity index (χ2v) is 3.97. The third-order valence-corrected chi connectivity index (χ3v) is 3.15. The van der Waals surface area contributed by atoms with Gasteiger partial charge in [0.05, 0.1) is 0 Å². The van der Waals surface area contributed by atoms with Crippen LogP contribution in [0, 0.1) is 0 Å². The van der Waals surface area contributed by atoms with Crippen LogP contribution in [-0.4, -0.2) is 0 Å². The number of hydrogen-bond donors (Lipinski definition) is 0. The molecule has 0 atom stereocenters. The van der Waals surface area contributed by atoms with E-state index < -0.39 is 0 Å². The predicted molar refractivity (Wildman–Crippen MR) is 72.0 cm³/mol. The fraction of sp³-hybridized carbons (Fsp3) is 0.125. The summed E-state index contributed by atoms with van der Waals surface area (Å²) in [5.41, 5.74) is 7.35. The summed E-state index contributed by atoms with van der Waals surface area (Å²) in [5.74, 6) is 0. The lowest BCUT2D eigenvalue weighted by molar-refractivity contribution is 1.53. The molecule has 0 N–H and O–H groups in total. The first-order chi connectivity index (χ1) is 7.70. The van der Waals surface area contributed by atoms with Gasteiger partial charge in [-0.25, -0.2) is 0 Å². The molecular formula is C16H16. The van der Waals surface area contributed by atoms with Gasteiger partial charge in [-0.2, -0.15) is 0 Å². The maximum absolute atomic E-state index is 4.20. The van der Waals surface area contributed by atoms with E-state index in [4.69, 9.17) is 0 Å². The van der Waals surface area contributed by atoms with Crippen molar-refractivity contribution in [1.29, 1.82) is 0 Å². The molecule has 0 nitrogen and oxygen atoms in total. The largest absolute Gasteiger partial charge is 0.0985 e. The van der Waals surface area contributed by atoms with Crippen LogP contribution in [0.3, 0.4) is 0 Å². The van der Waals surface area contributed by atoms with Gasteiger partial charge in [0.15, 0.2) is 0 Å². The van der Waals surface area contributed by atoms with Crippen molar-refractivity contribution < 1.29 is 0 Å². The molecule has 0 aromatic heterocycles. The lowest BCUT2D eigenvalue weighted by Crippen LogP contribution is -1.86. The lowest BCUT2D eigenvalue weighted by Gasteiger charge is -2.06. The molecule has 1 aromatic carbocycles. The van der Waals surface area contributed by atoms with E-state index in [0.29, 0.717) is 0 Å². The SMILES string of the molecule is C=C/C(=C/C)C1=C(C)c2ccccc2C1=C. The van der Waals surface area contributed by atoms with Gasteiger partial charge in [-0.05, 0) is 47.3 Å². The number of fused-ring (bicyclic) bond motifs is 1. The van der Waals surface area contributed by atoms with Crippen molar-refractivity contribution >= 4 is 11.1 Å². The third-order valence-electron chi connectivity index (χ3n) is 3.15. The molecule has 1 aromatic rings. The molecule has 0 spiro atoms. The summed E-state index contributed by atoms with van der Waals surface area (Å²) in [5, 5.41) is 0. The Morgan fingerprint density at radius 1 is 1.19 bits per heavy atom. The highest BCUT2D eigenvalue weighted by Crippen LogP contribution is 2.43. The summed E-state index contributed by atoms with van der Waals surface area (Å²) in [6, 6.07) is 8.41. The number of allylic oxidation sites excluding steroid dienone is 6. The zero-order chi connectivity index (χ0) is 11.7. The molecule has 0 saturated carbocycles. The zero-order valence-electron chi connectivity index (χ0n) is 9.88. The highest BCUT2D eigenvalue weighted by atomic mass is 14.3. The maximum Gasteiger partial charge on any atom is -0.00792 e. The van der Waals surface area contributed by atoms with Crippen molar-refractivity contribution in [2.75, 3.05) is 0 Å². The second-order valence-electron chi connectivity index (χ2n) is 3.97. The van der Waals surface area contributed by atoms with E-state index in [0.717, 1.165) is 5.57 Å². The minimum absolute atomic E-state index is 1.11.